The Hall–Kier alpha value is -2.60. The second-order valence-corrected chi connectivity index (χ2v) is 8.04. The van der Waals surface area contributed by atoms with E-state index in [1.807, 2.05) is 12.3 Å². The molecule has 2 unspecified atom stereocenters. The Morgan fingerprint density at radius 1 is 1.30 bits per heavy atom. The Labute approximate surface area is 180 Å². The zero-order valence-electron chi connectivity index (χ0n) is 18.7. The number of aliphatic imine (C=N–C) groups is 1. The van der Waals surface area contributed by atoms with Gasteiger partial charge in [0, 0.05) is 32.4 Å². The number of rotatable bonds is 7. The molecule has 1 saturated heterocycles. The predicted octanol–water partition coefficient (Wildman–Crippen LogP) is 3.47. The average molecular weight is 410 g/mol. The third-order valence-corrected chi connectivity index (χ3v) is 5.33. The summed E-state index contributed by atoms with van der Waals surface area (Å²) in [6.07, 6.45) is 2.11. The van der Waals surface area contributed by atoms with Crippen LogP contribution in [-0.2, 0) is 11.3 Å². The van der Waals surface area contributed by atoms with Crippen LogP contribution in [0.1, 0.15) is 43.4 Å². The van der Waals surface area contributed by atoms with Crippen molar-refractivity contribution < 1.29 is 4.74 Å². The van der Waals surface area contributed by atoms with Crippen LogP contribution in [0.2, 0.25) is 0 Å². The lowest BCUT2D eigenvalue weighted by atomic mass is 9.99. The first-order chi connectivity index (χ1) is 14.5. The van der Waals surface area contributed by atoms with E-state index in [2.05, 4.69) is 78.5 Å². The van der Waals surface area contributed by atoms with Crippen LogP contribution in [0.3, 0.4) is 0 Å². The van der Waals surface area contributed by atoms with Gasteiger partial charge in [-0.05, 0) is 49.9 Å². The number of hydrogen-bond acceptors (Lipinski definition) is 4. The molecule has 1 aliphatic rings. The van der Waals surface area contributed by atoms with Crippen molar-refractivity contribution in [1.82, 2.24) is 15.6 Å². The molecular weight excluding hydrogens is 374 g/mol. The maximum atomic E-state index is 5.64. The molecule has 162 valence electrons. The summed E-state index contributed by atoms with van der Waals surface area (Å²) >= 11 is 0. The molecule has 30 heavy (non-hydrogen) atoms. The Balaban J connectivity index is 1.61. The molecule has 6 nitrogen and oxygen atoms in total. The fourth-order valence-electron chi connectivity index (χ4n) is 3.61. The van der Waals surface area contributed by atoms with Crippen molar-refractivity contribution in [3.05, 3.63) is 59.3 Å². The van der Waals surface area contributed by atoms with Crippen LogP contribution in [0.15, 0.2) is 47.6 Å². The standard InChI is InChI=1S/C24H35N5O/c1-5-25-24(27-15-19(3)22-8-6-7-18(2)13-22)28-16-21-9-10-26-23(14-21)29-11-12-30-20(4)17-29/h6-10,13-14,19-20H,5,11-12,15-17H2,1-4H3,(H2,25,27,28). The molecule has 3 rings (SSSR count). The van der Waals surface area contributed by atoms with E-state index >= 15 is 0 Å². The third-order valence-electron chi connectivity index (χ3n) is 5.33. The molecule has 0 saturated carbocycles. The molecule has 2 heterocycles. The average Bonchev–Trinajstić information content (AvgIpc) is 2.75. The second-order valence-electron chi connectivity index (χ2n) is 8.04. The van der Waals surface area contributed by atoms with Crippen LogP contribution in [0.4, 0.5) is 5.82 Å². The van der Waals surface area contributed by atoms with E-state index in [1.165, 1.54) is 11.1 Å². The maximum Gasteiger partial charge on any atom is 0.191 e. The summed E-state index contributed by atoms with van der Waals surface area (Å²) in [6, 6.07) is 12.9. The summed E-state index contributed by atoms with van der Waals surface area (Å²) < 4.78 is 5.64. The molecule has 6 heteroatoms. The van der Waals surface area contributed by atoms with Gasteiger partial charge in [-0.1, -0.05) is 36.8 Å². The molecule has 0 radical (unpaired) electrons. The van der Waals surface area contributed by atoms with E-state index in [0.717, 1.165) is 50.1 Å². The summed E-state index contributed by atoms with van der Waals surface area (Å²) in [4.78, 5) is 11.6. The molecule has 1 aliphatic heterocycles. The minimum atomic E-state index is 0.238. The Kier molecular flexibility index (Phi) is 8.08. The van der Waals surface area contributed by atoms with E-state index in [4.69, 9.17) is 9.73 Å². The van der Waals surface area contributed by atoms with Gasteiger partial charge in [0.1, 0.15) is 5.82 Å². The normalized spacial score (nSPS) is 18.2. The van der Waals surface area contributed by atoms with Crippen molar-refractivity contribution in [2.45, 2.75) is 46.3 Å². The van der Waals surface area contributed by atoms with Gasteiger partial charge in [0.15, 0.2) is 5.96 Å². The number of aryl methyl sites for hydroxylation is 1. The van der Waals surface area contributed by atoms with Crippen LogP contribution in [0.5, 0.6) is 0 Å². The number of aromatic nitrogens is 1. The lowest BCUT2D eigenvalue weighted by Crippen LogP contribution is -2.41. The number of anilines is 1. The third kappa shape index (κ3) is 6.46. The van der Waals surface area contributed by atoms with Crippen LogP contribution >= 0.6 is 0 Å². The quantitative estimate of drug-likeness (QED) is 0.542. The molecule has 0 spiro atoms. The van der Waals surface area contributed by atoms with E-state index in [0.29, 0.717) is 12.5 Å². The second kappa shape index (κ2) is 11.0. The zero-order chi connectivity index (χ0) is 21.3. The van der Waals surface area contributed by atoms with Gasteiger partial charge in [0.05, 0.1) is 19.3 Å². The van der Waals surface area contributed by atoms with Gasteiger partial charge in [-0.25, -0.2) is 9.98 Å². The number of guanidine groups is 1. The van der Waals surface area contributed by atoms with Gasteiger partial charge in [-0.15, -0.1) is 0 Å². The van der Waals surface area contributed by atoms with E-state index in [-0.39, 0.29) is 6.10 Å². The summed E-state index contributed by atoms with van der Waals surface area (Å²) in [5, 5.41) is 6.84. The van der Waals surface area contributed by atoms with Crippen molar-refractivity contribution in [3.63, 3.8) is 0 Å². The highest BCUT2D eigenvalue weighted by atomic mass is 16.5. The van der Waals surface area contributed by atoms with Crippen molar-refractivity contribution >= 4 is 11.8 Å². The first kappa shape index (κ1) is 22.1. The maximum absolute atomic E-state index is 5.64. The minimum Gasteiger partial charge on any atom is -0.375 e. The molecular formula is C24H35N5O. The van der Waals surface area contributed by atoms with Crippen LogP contribution in [-0.4, -0.2) is 49.8 Å². The zero-order valence-corrected chi connectivity index (χ0v) is 18.7. The summed E-state index contributed by atoms with van der Waals surface area (Å²) in [5.41, 5.74) is 3.79. The van der Waals surface area contributed by atoms with Crippen LogP contribution in [0, 0.1) is 6.92 Å². The molecule has 2 aromatic rings. The first-order valence-electron chi connectivity index (χ1n) is 11.0. The first-order valence-corrected chi connectivity index (χ1v) is 11.0. The largest absolute Gasteiger partial charge is 0.375 e. The Bertz CT molecular complexity index is 838. The lowest BCUT2D eigenvalue weighted by Gasteiger charge is -2.32. The number of ether oxygens (including phenoxy) is 1. The van der Waals surface area contributed by atoms with Crippen LogP contribution < -0.4 is 15.5 Å². The van der Waals surface area contributed by atoms with Gasteiger partial charge in [-0.2, -0.15) is 0 Å². The summed E-state index contributed by atoms with van der Waals surface area (Å²) in [7, 11) is 0. The SMILES string of the molecule is CCNC(=NCc1ccnc(N2CCOC(C)C2)c1)NCC(C)c1cccc(C)c1. The molecule has 2 N–H and O–H groups in total. The van der Waals surface area contributed by atoms with Crippen molar-refractivity contribution in [1.29, 1.82) is 0 Å². The number of benzene rings is 1. The number of pyridine rings is 1. The highest BCUT2D eigenvalue weighted by molar-refractivity contribution is 5.79. The smallest absolute Gasteiger partial charge is 0.191 e. The number of morpholine rings is 1. The van der Waals surface area contributed by atoms with Gasteiger partial charge >= 0.3 is 0 Å². The number of nitrogens with zero attached hydrogens (tertiary/aromatic N) is 3. The van der Waals surface area contributed by atoms with E-state index in [1.54, 1.807) is 0 Å². The van der Waals surface area contributed by atoms with E-state index < -0.39 is 0 Å². The van der Waals surface area contributed by atoms with Crippen molar-refractivity contribution in [2.24, 2.45) is 4.99 Å². The molecule has 1 aromatic heterocycles. The molecule has 0 bridgehead atoms. The van der Waals surface area contributed by atoms with Crippen LogP contribution in [0.25, 0.3) is 0 Å². The predicted molar refractivity (Wildman–Crippen MR) is 124 cm³/mol. The van der Waals surface area contributed by atoms with Gasteiger partial charge in [-0.3, -0.25) is 0 Å². The molecule has 0 aliphatic carbocycles. The molecule has 1 aromatic carbocycles. The molecule has 1 fully saturated rings. The molecule has 2 atom stereocenters. The minimum absolute atomic E-state index is 0.238. The number of nitrogens with one attached hydrogen (secondary N) is 2. The monoisotopic (exact) mass is 409 g/mol. The summed E-state index contributed by atoms with van der Waals surface area (Å²) in [6.45, 7) is 13.4. The topological polar surface area (TPSA) is 61.8 Å². The Morgan fingerprint density at radius 3 is 2.93 bits per heavy atom. The van der Waals surface area contributed by atoms with Gasteiger partial charge < -0.3 is 20.3 Å². The van der Waals surface area contributed by atoms with Gasteiger partial charge in [0.25, 0.3) is 0 Å². The molecule has 0 amide bonds. The van der Waals surface area contributed by atoms with Crippen molar-refractivity contribution in [3.8, 4) is 0 Å². The van der Waals surface area contributed by atoms with E-state index in [9.17, 15) is 0 Å². The van der Waals surface area contributed by atoms with Crippen molar-refractivity contribution in [2.75, 3.05) is 37.7 Å². The summed E-state index contributed by atoms with van der Waals surface area (Å²) in [5.74, 6) is 2.25. The number of hydrogen-bond donors (Lipinski definition) is 2. The highest BCUT2D eigenvalue weighted by Gasteiger charge is 2.18. The Morgan fingerprint density at radius 2 is 2.17 bits per heavy atom. The lowest BCUT2D eigenvalue weighted by molar-refractivity contribution is 0.0529. The highest BCUT2D eigenvalue weighted by Crippen LogP contribution is 2.17. The van der Waals surface area contributed by atoms with Gasteiger partial charge in [0.2, 0.25) is 0 Å². The fourth-order valence-corrected chi connectivity index (χ4v) is 3.61. The fraction of sp³-hybridized carbons (Fsp3) is 0.500.